The molecule has 0 aliphatic rings. The minimum atomic E-state index is -0.534. The first-order chi connectivity index (χ1) is 8.66. The minimum Gasteiger partial charge on any atom is -0.469 e. The molecule has 1 aromatic carbocycles. The van der Waals surface area contributed by atoms with Gasteiger partial charge in [-0.2, -0.15) is 0 Å². The number of halogens is 2. The molecule has 1 N–H and O–H groups in total. The molecule has 1 heterocycles. The van der Waals surface area contributed by atoms with Crippen molar-refractivity contribution in [3.05, 3.63) is 58.2 Å². The van der Waals surface area contributed by atoms with Crippen LogP contribution in [0.4, 0.5) is 4.39 Å². The molecule has 0 aliphatic carbocycles. The highest BCUT2D eigenvalue weighted by molar-refractivity contribution is 9.10. The maximum atomic E-state index is 13.4. The maximum Gasteiger partial charge on any atom is 0.254 e. The van der Waals surface area contributed by atoms with Gasteiger partial charge in [-0.1, -0.05) is 15.9 Å². The third-order valence-corrected chi connectivity index (χ3v) is 2.90. The molecule has 0 unspecified atom stereocenters. The highest BCUT2D eigenvalue weighted by atomic mass is 79.9. The smallest absolute Gasteiger partial charge is 0.254 e. The quantitative estimate of drug-likeness (QED) is 0.942. The molecule has 0 atom stereocenters. The Morgan fingerprint density at radius 3 is 2.94 bits per heavy atom. The van der Waals surface area contributed by atoms with Crippen LogP contribution in [0.15, 0.2) is 45.5 Å². The van der Waals surface area contributed by atoms with Gasteiger partial charge in [-0.3, -0.25) is 4.79 Å². The lowest BCUT2D eigenvalue weighted by atomic mass is 10.2. The van der Waals surface area contributed by atoms with Crippen molar-refractivity contribution in [2.24, 2.45) is 0 Å². The van der Waals surface area contributed by atoms with E-state index in [0.29, 0.717) is 17.4 Å². The highest BCUT2D eigenvalue weighted by Gasteiger charge is 2.11. The Bertz CT molecular complexity index is 540. The van der Waals surface area contributed by atoms with Crippen molar-refractivity contribution in [3.8, 4) is 0 Å². The molecule has 0 aliphatic heterocycles. The van der Waals surface area contributed by atoms with Crippen molar-refractivity contribution in [1.82, 2.24) is 5.32 Å². The highest BCUT2D eigenvalue weighted by Crippen LogP contribution is 2.15. The lowest BCUT2D eigenvalue weighted by Crippen LogP contribution is -2.26. The number of nitrogens with one attached hydrogen (secondary N) is 1. The van der Waals surface area contributed by atoms with Gasteiger partial charge in [-0.05, 0) is 30.3 Å². The van der Waals surface area contributed by atoms with Gasteiger partial charge in [0.25, 0.3) is 5.91 Å². The van der Waals surface area contributed by atoms with Crippen LogP contribution in [0.1, 0.15) is 16.1 Å². The van der Waals surface area contributed by atoms with Crippen LogP contribution < -0.4 is 5.32 Å². The summed E-state index contributed by atoms with van der Waals surface area (Å²) in [5.41, 5.74) is 0.0313. The second-order valence-corrected chi connectivity index (χ2v) is 4.63. The molecular weight excluding hydrogens is 301 g/mol. The molecule has 3 nitrogen and oxygen atoms in total. The number of furan rings is 1. The van der Waals surface area contributed by atoms with E-state index in [1.807, 2.05) is 6.07 Å². The van der Waals surface area contributed by atoms with Crippen LogP contribution in [0.5, 0.6) is 0 Å². The first-order valence-corrected chi connectivity index (χ1v) is 6.22. The fourth-order valence-corrected chi connectivity index (χ4v) is 1.88. The van der Waals surface area contributed by atoms with E-state index in [-0.39, 0.29) is 5.56 Å². The van der Waals surface area contributed by atoms with Gasteiger partial charge in [0.15, 0.2) is 0 Å². The molecule has 0 bridgehead atoms. The molecule has 94 valence electrons. The fourth-order valence-electron chi connectivity index (χ4n) is 1.52. The summed E-state index contributed by atoms with van der Waals surface area (Å²) in [4.78, 5) is 11.7. The molecule has 0 spiro atoms. The predicted octanol–water partition coefficient (Wildman–Crippen LogP) is 3.15. The molecule has 1 amide bonds. The third kappa shape index (κ3) is 3.20. The Morgan fingerprint density at radius 2 is 2.22 bits per heavy atom. The van der Waals surface area contributed by atoms with Gasteiger partial charge >= 0.3 is 0 Å². The molecular formula is C13H11BrFNO2. The fraction of sp³-hybridized carbons (Fsp3) is 0.154. The van der Waals surface area contributed by atoms with Crippen LogP contribution in [0.25, 0.3) is 0 Å². The van der Waals surface area contributed by atoms with Crippen LogP contribution in [0.3, 0.4) is 0 Å². The lowest BCUT2D eigenvalue weighted by molar-refractivity contribution is 0.0949. The van der Waals surface area contributed by atoms with Crippen molar-refractivity contribution in [3.63, 3.8) is 0 Å². The van der Waals surface area contributed by atoms with Gasteiger partial charge in [0.05, 0.1) is 11.8 Å². The SMILES string of the molecule is O=C(NCCc1ccco1)c1cc(Br)ccc1F. The van der Waals surface area contributed by atoms with E-state index in [0.717, 1.165) is 5.76 Å². The normalized spacial score (nSPS) is 10.3. The molecule has 0 fully saturated rings. The van der Waals surface area contributed by atoms with Crippen molar-refractivity contribution in [2.45, 2.75) is 6.42 Å². The summed E-state index contributed by atoms with van der Waals surface area (Å²) < 4.78 is 19.2. The van der Waals surface area contributed by atoms with Gasteiger partial charge in [-0.15, -0.1) is 0 Å². The van der Waals surface area contributed by atoms with Gasteiger partial charge in [0.1, 0.15) is 11.6 Å². The second kappa shape index (κ2) is 5.82. The molecule has 18 heavy (non-hydrogen) atoms. The number of hydrogen-bond acceptors (Lipinski definition) is 2. The Morgan fingerprint density at radius 1 is 1.39 bits per heavy atom. The van der Waals surface area contributed by atoms with E-state index in [9.17, 15) is 9.18 Å². The van der Waals surface area contributed by atoms with E-state index >= 15 is 0 Å². The van der Waals surface area contributed by atoms with Crippen LogP contribution in [-0.4, -0.2) is 12.5 Å². The number of amides is 1. The molecule has 2 rings (SSSR count). The summed E-state index contributed by atoms with van der Waals surface area (Å²) in [6.45, 7) is 0.401. The predicted molar refractivity (Wildman–Crippen MR) is 68.8 cm³/mol. The number of carbonyl (C=O) groups excluding carboxylic acids is 1. The van der Waals surface area contributed by atoms with Gasteiger partial charge in [0, 0.05) is 17.4 Å². The van der Waals surface area contributed by atoms with Gasteiger partial charge < -0.3 is 9.73 Å². The lowest BCUT2D eigenvalue weighted by Gasteiger charge is -2.05. The molecule has 5 heteroatoms. The first kappa shape index (κ1) is 12.8. The van der Waals surface area contributed by atoms with Crippen LogP contribution >= 0.6 is 15.9 Å². The second-order valence-electron chi connectivity index (χ2n) is 3.71. The van der Waals surface area contributed by atoms with Crippen molar-refractivity contribution >= 4 is 21.8 Å². The largest absolute Gasteiger partial charge is 0.469 e. The Labute approximate surface area is 112 Å². The Balaban J connectivity index is 1.93. The molecule has 0 radical (unpaired) electrons. The zero-order valence-corrected chi connectivity index (χ0v) is 11.0. The van der Waals surface area contributed by atoms with Crippen LogP contribution in [-0.2, 0) is 6.42 Å². The zero-order chi connectivity index (χ0) is 13.0. The average molecular weight is 312 g/mol. The maximum absolute atomic E-state index is 13.4. The molecule has 2 aromatic rings. The summed E-state index contributed by atoms with van der Waals surface area (Å²) in [6.07, 6.45) is 2.15. The van der Waals surface area contributed by atoms with E-state index in [1.54, 1.807) is 18.4 Å². The van der Waals surface area contributed by atoms with E-state index in [1.165, 1.54) is 12.1 Å². The molecule has 1 aromatic heterocycles. The van der Waals surface area contributed by atoms with Gasteiger partial charge in [-0.25, -0.2) is 4.39 Å². The van der Waals surface area contributed by atoms with E-state index in [2.05, 4.69) is 21.2 Å². The number of hydrogen-bond donors (Lipinski definition) is 1. The number of benzene rings is 1. The van der Waals surface area contributed by atoms with Crippen molar-refractivity contribution < 1.29 is 13.6 Å². The van der Waals surface area contributed by atoms with Crippen molar-refractivity contribution in [2.75, 3.05) is 6.54 Å². The number of carbonyl (C=O) groups is 1. The summed E-state index contributed by atoms with van der Waals surface area (Å²) >= 11 is 3.20. The Kier molecular flexibility index (Phi) is 4.15. The van der Waals surface area contributed by atoms with E-state index < -0.39 is 11.7 Å². The standard InChI is InChI=1S/C13H11BrFNO2/c14-9-3-4-12(15)11(8-9)13(17)16-6-5-10-2-1-7-18-10/h1-4,7-8H,5-6H2,(H,16,17). The van der Waals surface area contributed by atoms with Gasteiger partial charge in [0.2, 0.25) is 0 Å². The minimum absolute atomic E-state index is 0.0313. The topological polar surface area (TPSA) is 42.2 Å². The Hall–Kier alpha value is -1.62. The van der Waals surface area contributed by atoms with Crippen molar-refractivity contribution in [1.29, 1.82) is 0 Å². The summed E-state index contributed by atoms with van der Waals surface area (Å²) in [6, 6.07) is 7.87. The number of rotatable bonds is 4. The molecule has 0 saturated heterocycles. The monoisotopic (exact) mass is 311 g/mol. The molecule has 0 saturated carbocycles. The average Bonchev–Trinajstić information content (AvgIpc) is 2.85. The van der Waals surface area contributed by atoms with Crippen LogP contribution in [0.2, 0.25) is 0 Å². The summed E-state index contributed by atoms with van der Waals surface area (Å²) in [7, 11) is 0. The van der Waals surface area contributed by atoms with E-state index in [4.69, 9.17) is 4.42 Å². The summed E-state index contributed by atoms with van der Waals surface area (Å²) in [5, 5.41) is 2.65. The summed E-state index contributed by atoms with van der Waals surface area (Å²) in [5.74, 6) is -0.181. The van der Waals surface area contributed by atoms with Crippen LogP contribution in [0, 0.1) is 5.82 Å². The first-order valence-electron chi connectivity index (χ1n) is 5.42. The third-order valence-electron chi connectivity index (χ3n) is 2.41. The zero-order valence-electron chi connectivity index (χ0n) is 9.45.